The van der Waals surface area contributed by atoms with Crippen molar-refractivity contribution < 1.29 is 0 Å². The number of hydrogen-bond donors (Lipinski definition) is 1. The van der Waals surface area contributed by atoms with Gasteiger partial charge in [0, 0.05) is 19.3 Å². The average Bonchev–Trinajstić information content (AvgIpc) is 2.81. The second kappa shape index (κ2) is 6.77. The Morgan fingerprint density at radius 1 is 1.28 bits per heavy atom. The monoisotopic (exact) mass is 241 g/mol. The van der Waals surface area contributed by atoms with Crippen molar-refractivity contribution >= 4 is 6.08 Å². The molecule has 1 aromatic carbocycles. The van der Waals surface area contributed by atoms with Gasteiger partial charge in [-0.05, 0) is 18.1 Å². The molecule has 18 heavy (non-hydrogen) atoms. The van der Waals surface area contributed by atoms with Gasteiger partial charge in [-0.3, -0.25) is 4.68 Å². The van der Waals surface area contributed by atoms with Gasteiger partial charge in [-0.15, -0.1) is 0 Å². The second-order valence-corrected chi connectivity index (χ2v) is 4.30. The molecule has 1 aromatic heterocycles. The van der Waals surface area contributed by atoms with E-state index in [1.807, 2.05) is 29.1 Å². The molecule has 3 nitrogen and oxygen atoms in total. The van der Waals surface area contributed by atoms with Gasteiger partial charge in [0.25, 0.3) is 0 Å². The minimum Gasteiger partial charge on any atom is -0.311 e. The number of nitrogens with zero attached hydrogens (tertiary/aromatic N) is 2. The Balaban J connectivity index is 1.63. The van der Waals surface area contributed by atoms with Gasteiger partial charge < -0.3 is 5.32 Å². The molecule has 0 amide bonds. The second-order valence-electron chi connectivity index (χ2n) is 4.30. The van der Waals surface area contributed by atoms with E-state index in [1.54, 1.807) is 0 Å². The first kappa shape index (κ1) is 12.6. The van der Waals surface area contributed by atoms with Crippen LogP contribution in [-0.2, 0) is 6.54 Å². The van der Waals surface area contributed by atoms with Crippen LogP contribution in [0.25, 0.3) is 6.08 Å². The molecule has 1 heterocycles. The number of nitrogens with one attached hydrogen (secondary N) is 1. The zero-order valence-corrected chi connectivity index (χ0v) is 10.7. The summed E-state index contributed by atoms with van der Waals surface area (Å²) in [6.07, 6.45) is 8.21. The third-order valence-electron chi connectivity index (χ3n) is 2.65. The van der Waals surface area contributed by atoms with Crippen LogP contribution >= 0.6 is 0 Å². The third kappa shape index (κ3) is 4.18. The summed E-state index contributed by atoms with van der Waals surface area (Å²) in [4.78, 5) is 0. The van der Waals surface area contributed by atoms with Crippen LogP contribution in [0.3, 0.4) is 0 Å². The maximum absolute atomic E-state index is 4.24. The quantitative estimate of drug-likeness (QED) is 0.787. The van der Waals surface area contributed by atoms with Crippen molar-refractivity contribution in [2.75, 3.05) is 13.1 Å². The van der Waals surface area contributed by atoms with Gasteiger partial charge in [0.05, 0.1) is 12.7 Å². The van der Waals surface area contributed by atoms with E-state index < -0.39 is 0 Å². The van der Waals surface area contributed by atoms with Gasteiger partial charge in [0.15, 0.2) is 0 Å². The third-order valence-corrected chi connectivity index (χ3v) is 2.65. The molecule has 0 aliphatic heterocycles. The van der Waals surface area contributed by atoms with Crippen LogP contribution in [-0.4, -0.2) is 22.9 Å². The largest absolute Gasteiger partial charge is 0.311 e. The fourth-order valence-electron chi connectivity index (χ4n) is 1.73. The van der Waals surface area contributed by atoms with Gasteiger partial charge in [0.1, 0.15) is 0 Å². The summed E-state index contributed by atoms with van der Waals surface area (Å²) >= 11 is 0. The molecule has 1 N–H and O–H groups in total. The van der Waals surface area contributed by atoms with Crippen LogP contribution in [0.4, 0.5) is 0 Å². The lowest BCUT2D eigenvalue weighted by atomic mass is 10.2. The fourth-order valence-corrected chi connectivity index (χ4v) is 1.73. The number of benzene rings is 1. The molecule has 0 spiro atoms. The first-order chi connectivity index (χ1) is 8.84. The highest BCUT2D eigenvalue weighted by atomic mass is 15.3. The molecule has 3 heteroatoms. The lowest BCUT2D eigenvalue weighted by Gasteiger charge is -2.01. The Bertz CT molecular complexity index is 485. The lowest BCUT2D eigenvalue weighted by Crippen LogP contribution is -2.20. The highest BCUT2D eigenvalue weighted by Gasteiger charge is 1.92. The number of rotatable bonds is 6. The molecule has 2 aromatic rings. The standard InChI is InChI=1S/C15H19N3/c1-14-12-17-18(13-14)11-10-16-9-5-8-15-6-3-2-4-7-15/h2-8,12-13,16H,9-11H2,1H3/b8-5+. The molecule has 0 aliphatic carbocycles. The molecule has 0 bridgehead atoms. The topological polar surface area (TPSA) is 29.9 Å². The predicted molar refractivity (Wildman–Crippen MR) is 75.3 cm³/mol. The lowest BCUT2D eigenvalue weighted by molar-refractivity contribution is 0.573. The first-order valence-electron chi connectivity index (χ1n) is 6.26. The molecule has 2 rings (SSSR count). The van der Waals surface area contributed by atoms with Crippen molar-refractivity contribution in [3.63, 3.8) is 0 Å². The van der Waals surface area contributed by atoms with E-state index in [-0.39, 0.29) is 0 Å². The Morgan fingerprint density at radius 3 is 2.83 bits per heavy atom. The summed E-state index contributed by atoms with van der Waals surface area (Å²) < 4.78 is 1.96. The smallest absolute Gasteiger partial charge is 0.0534 e. The van der Waals surface area contributed by atoms with Crippen LogP contribution in [0, 0.1) is 6.92 Å². The Hall–Kier alpha value is -1.87. The highest BCUT2D eigenvalue weighted by Crippen LogP contribution is 1.99. The zero-order valence-electron chi connectivity index (χ0n) is 10.7. The molecule has 0 radical (unpaired) electrons. The van der Waals surface area contributed by atoms with E-state index >= 15 is 0 Å². The minimum atomic E-state index is 0.884. The molecular weight excluding hydrogens is 222 g/mol. The molecule has 0 saturated heterocycles. The molecule has 0 atom stereocenters. The predicted octanol–water partition coefficient (Wildman–Crippen LogP) is 2.49. The van der Waals surface area contributed by atoms with Crippen molar-refractivity contribution in [1.29, 1.82) is 0 Å². The van der Waals surface area contributed by atoms with Gasteiger partial charge in [-0.25, -0.2) is 0 Å². The van der Waals surface area contributed by atoms with Crippen molar-refractivity contribution in [3.8, 4) is 0 Å². The maximum Gasteiger partial charge on any atom is 0.0534 e. The van der Waals surface area contributed by atoms with Gasteiger partial charge in [-0.2, -0.15) is 5.10 Å². The van der Waals surface area contributed by atoms with E-state index in [2.05, 4.69) is 47.8 Å². The van der Waals surface area contributed by atoms with Crippen LogP contribution in [0.1, 0.15) is 11.1 Å². The molecule has 0 saturated carbocycles. The number of aryl methyl sites for hydroxylation is 1. The van der Waals surface area contributed by atoms with Crippen LogP contribution in [0.15, 0.2) is 48.8 Å². The van der Waals surface area contributed by atoms with Crippen molar-refractivity contribution in [1.82, 2.24) is 15.1 Å². The Labute approximate surface area is 108 Å². The van der Waals surface area contributed by atoms with E-state index in [0.717, 1.165) is 19.6 Å². The van der Waals surface area contributed by atoms with E-state index in [9.17, 15) is 0 Å². The van der Waals surface area contributed by atoms with E-state index in [4.69, 9.17) is 0 Å². The fraction of sp³-hybridized carbons (Fsp3) is 0.267. The summed E-state index contributed by atoms with van der Waals surface area (Å²) in [7, 11) is 0. The van der Waals surface area contributed by atoms with Crippen LogP contribution in [0.2, 0.25) is 0 Å². The van der Waals surface area contributed by atoms with Gasteiger partial charge in [-0.1, -0.05) is 42.5 Å². The summed E-state index contributed by atoms with van der Waals surface area (Å²) in [5, 5.41) is 7.61. The molecule has 94 valence electrons. The zero-order chi connectivity index (χ0) is 12.6. The maximum atomic E-state index is 4.24. The van der Waals surface area contributed by atoms with E-state index in [0.29, 0.717) is 0 Å². The van der Waals surface area contributed by atoms with Gasteiger partial charge >= 0.3 is 0 Å². The summed E-state index contributed by atoms with van der Waals surface area (Å²) in [5.74, 6) is 0. The molecule has 0 fully saturated rings. The van der Waals surface area contributed by atoms with Crippen LogP contribution < -0.4 is 5.32 Å². The summed E-state index contributed by atoms with van der Waals surface area (Å²) in [6.45, 7) is 4.78. The van der Waals surface area contributed by atoms with Crippen molar-refractivity contribution in [2.24, 2.45) is 0 Å². The van der Waals surface area contributed by atoms with Crippen LogP contribution in [0.5, 0.6) is 0 Å². The minimum absolute atomic E-state index is 0.884. The SMILES string of the molecule is Cc1cnn(CCNC/C=C/c2ccccc2)c1. The van der Waals surface area contributed by atoms with Crippen molar-refractivity contribution in [3.05, 3.63) is 59.9 Å². The normalized spacial score (nSPS) is 11.2. The van der Waals surface area contributed by atoms with Crippen molar-refractivity contribution in [2.45, 2.75) is 13.5 Å². The first-order valence-corrected chi connectivity index (χ1v) is 6.26. The molecule has 0 unspecified atom stereocenters. The Kier molecular flexibility index (Phi) is 4.73. The molecular formula is C15H19N3. The van der Waals surface area contributed by atoms with E-state index in [1.165, 1.54) is 11.1 Å². The average molecular weight is 241 g/mol. The number of aromatic nitrogens is 2. The summed E-state index contributed by atoms with van der Waals surface area (Å²) in [6, 6.07) is 10.3. The Morgan fingerprint density at radius 2 is 2.11 bits per heavy atom. The number of hydrogen-bond acceptors (Lipinski definition) is 2. The summed E-state index contributed by atoms with van der Waals surface area (Å²) in [5.41, 5.74) is 2.45. The van der Waals surface area contributed by atoms with Gasteiger partial charge in [0.2, 0.25) is 0 Å². The highest BCUT2D eigenvalue weighted by molar-refractivity contribution is 5.48. The molecule has 0 aliphatic rings.